The Kier molecular flexibility index (Phi) is 3.85. The summed E-state index contributed by atoms with van der Waals surface area (Å²) in [7, 11) is 0. The van der Waals surface area contributed by atoms with Crippen molar-refractivity contribution < 1.29 is 13.2 Å². The molecule has 1 unspecified atom stereocenters. The zero-order valence-corrected chi connectivity index (χ0v) is 11.3. The molecule has 1 atom stereocenters. The van der Waals surface area contributed by atoms with Crippen molar-refractivity contribution in [3.05, 3.63) is 41.6 Å². The Morgan fingerprint density at radius 3 is 2.55 bits per heavy atom. The summed E-state index contributed by atoms with van der Waals surface area (Å²) < 4.78 is 39.9. The van der Waals surface area contributed by atoms with Crippen LogP contribution >= 0.6 is 0 Å². The van der Waals surface area contributed by atoms with E-state index < -0.39 is 11.7 Å². The van der Waals surface area contributed by atoms with E-state index in [9.17, 15) is 13.2 Å². The van der Waals surface area contributed by atoms with Crippen molar-refractivity contribution in [2.24, 2.45) is 5.73 Å². The normalized spacial score (nSPS) is 13.5. The molecule has 0 amide bonds. The van der Waals surface area contributed by atoms with Gasteiger partial charge in [-0.25, -0.2) is 0 Å². The lowest BCUT2D eigenvalue weighted by Crippen LogP contribution is -2.07. The average molecular weight is 283 g/mol. The smallest absolute Gasteiger partial charge is 0.323 e. The summed E-state index contributed by atoms with van der Waals surface area (Å²) in [5.41, 5.74) is 6.90. The van der Waals surface area contributed by atoms with Gasteiger partial charge in [0.05, 0.1) is 17.0 Å². The standard InChI is InChI=1S/C14H16F3N3/c1-3-20-13(8-12(19-20)9(2)18)10-5-4-6-11(7-10)14(15,16)17/h4-9H,3,18H2,1-2H3. The molecule has 2 aromatic rings. The molecule has 0 bridgehead atoms. The summed E-state index contributed by atoms with van der Waals surface area (Å²) in [6.45, 7) is 4.24. The highest BCUT2D eigenvalue weighted by molar-refractivity contribution is 5.61. The second-order valence-electron chi connectivity index (χ2n) is 4.64. The molecule has 6 heteroatoms. The highest BCUT2D eigenvalue weighted by atomic mass is 19.4. The summed E-state index contributed by atoms with van der Waals surface area (Å²) in [4.78, 5) is 0. The molecule has 0 spiro atoms. The third kappa shape index (κ3) is 2.85. The van der Waals surface area contributed by atoms with Crippen LogP contribution in [0, 0.1) is 0 Å². The van der Waals surface area contributed by atoms with Crippen molar-refractivity contribution in [2.75, 3.05) is 0 Å². The van der Waals surface area contributed by atoms with Crippen LogP contribution in [0.4, 0.5) is 13.2 Å². The van der Waals surface area contributed by atoms with Gasteiger partial charge in [-0.3, -0.25) is 4.68 Å². The van der Waals surface area contributed by atoms with Gasteiger partial charge in [-0.15, -0.1) is 0 Å². The first-order valence-corrected chi connectivity index (χ1v) is 6.34. The number of rotatable bonds is 3. The molecule has 0 fully saturated rings. The van der Waals surface area contributed by atoms with Gasteiger partial charge in [-0.2, -0.15) is 18.3 Å². The number of halogens is 3. The second-order valence-corrected chi connectivity index (χ2v) is 4.64. The quantitative estimate of drug-likeness (QED) is 0.935. The van der Waals surface area contributed by atoms with Crippen LogP contribution in [0.15, 0.2) is 30.3 Å². The molecule has 0 saturated carbocycles. The Morgan fingerprint density at radius 2 is 2.00 bits per heavy atom. The fourth-order valence-electron chi connectivity index (χ4n) is 1.99. The molecular formula is C14H16F3N3. The summed E-state index contributed by atoms with van der Waals surface area (Å²) in [5, 5.41) is 4.31. The predicted molar refractivity (Wildman–Crippen MR) is 70.9 cm³/mol. The second kappa shape index (κ2) is 5.28. The molecule has 2 rings (SSSR count). The highest BCUT2D eigenvalue weighted by Gasteiger charge is 2.30. The van der Waals surface area contributed by atoms with Gasteiger partial charge < -0.3 is 5.73 Å². The number of hydrogen-bond donors (Lipinski definition) is 1. The Balaban J connectivity index is 2.51. The van der Waals surface area contributed by atoms with E-state index in [4.69, 9.17) is 5.73 Å². The van der Waals surface area contributed by atoms with Gasteiger partial charge in [0.2, 0.25) is 0 Å². The minimum absolute atomic E-state index is 0.257. The Morgan fingerprint density at radius 1 is 1.30 bits per heavy atom. The Bertz CT molecular complexity index is 600. The van der Waals surface area contributed by atoms with Crippen molar-refractivity contribution >= 4 is 0 Å². The van der Waals surface area contributed by atoms with Crippen molar-refractivity contribution in [1.29, 1.82) is 0 Å². The van der Waals surface area contributed by atoms with Gasteiger partial charge in [0.25, 0.3) is 0 Å². The number of aromatic nitrogens is 2. The molecular weight excluding hydrogens is 267 g/mol. The van der Waals surface area contributed by atoms with Gasteiger partial charge >= 0.3 is 6.18 Å². The average Bonchev–Trinajstić information content (AvgIpc) is 2.82. The van der Waals surface area contributed by atoms with Gasteiger partial charge in [-0.1, -0.05) is 12.1 Å². The molecule has 2 N–H and O–H groups in total. The van der Waals surface area contributed by atoms with Gasteiger partial charge in [-0.05, 0) is 32.0 Å². The van der Waals surface area contributed by atoms with Crippen LogP contribution in [0.3, 0.4) is 0 Å². The molecule has 0 aliphatic heterocycles. The molecule has 0 radical (unpaired) electrons. The lowest BCUT2D eigenvalue weighted by molar-refractivity contribution is -0.137. The van der Waals surface area contributed by atoms with Crippen molar-refractivity contribution in [1.82, 2.24) is 9.78 Å². The van der Waals surface area contributed by atoms with Crippen LogP contribution < -0.4 is 5.73 Å². The third-order valence-electron chi connectivity index (χ3n) is 3.05. The van der Waals surface area contributed by atoms with E-state index >= 15 is 0 Å². The maximum atomic E-state index is 12.8. The number of alkyl halides is 3. The van der Waals surface area contributed by atoms with Gasteiger partial charge in [0.1, 0.15) is 0 Å². The summed E-state index contributed by atoms with van der Waals surface area (Å²) in [5.74, 6) is 0. The number of aryl methyl sites for hydroxylation is 1. The minimum Gasteiger partial charge on any atom is -0.323 e. The molecule has 0 saturated heterocycles. The topological polar surface area (TPSA) is 43.8 Å². The van der Waals surface area contributed by atoms with E-state index in [1.54, 1.807) is 23.7 Å². The SMILES string of the molecule is CCn1nc(C(C)N)cc1-c1cccc(C(F)(F)F)c1. The molecule has 108 valence electrons. The van der Waals surface area contributed by atoms with Crippen LogP contribution in [0.25, 0.3) is 11.3 Å². The molecule has 1 aromatic carbocycles. The Hall–Kier alpha value is -1.82. The van der Waals surface area contributed by atoms with Crippen LogP contribution in [-0.4, -0.2) is 9.78 Å². The maximum Gasteiger partial charge on any atom is 0.416 e. The lowest BCUT2D eigenvalue weighted by atomic mass is 10.1. The van der Waals surface area contributed by atoms with E-state index in [1.807, 2.05) is 6.92 Å². The zero-order valence-electron chi connectivity index (χ0n) is 11.3. The van der Waals surface area contributed by atoms with E-state index in [0.717, 1.165) is 12.1 Å². The predicted octanol–water partition coefficient (Wildman–Crippen LogP) is 3.61. The molecule has 1 heterocycles. The largest absolute Gasteiger partial charge is 0.416 e. The molecule has 20 heavy (non-hydrogen) atoms. The highest BCUT2D eigenvalue weighted by Crippen LogP contribution is 2.32. The number of hydrogen-bond acceptors (Lipinski definition) is 2. The van der Waals surface area contributed by atoms with Crippen LogP contribution in [0.5, 0.6) is 0 Å². The summed E-state index contributed by atoms with van der Waals surface area (Å²) in [6, 6.07) is 6.72. The number of nitrogens with two attached hydrogens (primary N) is 1. The summed E-state index contributed by atoms with van der Waals surface area (Å²) in [6.07, 6.45) is -4.35. The number of nitrogens with zero attached hydrogens (tertiary/aromatic N) is 2. The number of benzene rings is 1. The van der Waals surface area contributed by atoms with E-state index in [0.29, 0.717) is 23.5 Å². The molecule has 0 aliphatic rings. The molecule has 0 aliphatic carbocycles. The monoisotopic (exact) mass is 283 g/mol. The van der Waals surface area contributed by atoms with Crippen LogP contribution in [0.2, 0.25) is 0 Å². The van der Waals surface area contributed by atoms with Crippen molar-refractivity contribution in [3.63, 3.8) is 0 Å². The summed E-state index contributed by atoms with van der Waals surface area (Å²) >= 11 is 0. The first-order valence-electron chi connectivity index (χ1n) is 6.34. The first-order chi connectivity index (χ1) is 9.32. The van der Waals surface area contributed by atoms with E-state index in [2.05, 4.69) is 5.10 Å². The van der Waals surface area contributed by atoms with Crippen molar-refractivity contribution in [2.45, 2.75) is 32.6 Å². The lowest BCUT2D eigenvalue weighted by Gasteiger charge is -2.09. The van der Waals surface area contributed by atoms with Crippen LogP contribution in [-0.2, 0) is 12.7 Å². The van der Waals surface area contributed by atoms with Crippen LogP contribution in [0.1, 0.15) is 31.1 Å². The Labute approximate surface area is 115 Å². The van der Waals surface area contributed by atoms with Gasteiger partial charge in [0, 0.05) is 18.2 Å². The van der Waals surface area contributed by atoms with Gasteiger partial charge in [0.15, 0.2) is 0 Å². The van der Waals surface area contributed by atoms with Crippen molar-refractivity contribution in [3.8, 4) is 11.3 Å². The maximum absolute atomic E-state index is 12.8. The van der Waals surface area contributed by atoms with E-state index in [1.165, 1.54) is 6.07 Å². The zero-order chi connectivity index (χ0) is 14.9. The molecule has 3 nitrogen and oxygen atoms in total. The first kappa shape index (κ1) is 14.6. The van der Waals surface area contributed by atoms with E-state index in [-0.39, 0.29) is 6.04 Å². The molecule has 1 aromatic heterocycles. The fourth-order valence-corrected chi connectivity index (χ4v) is 1.99. The fraction of sp³-hybridized carbons (Fsp3) is 0.357. The minimum atomic E-state index is -4.35. The third-order valence-corrected chi connectivity index (χ3v) is 3.05.